The highest BCUT2D eigenvalue weighted by Gasteiger charge is 2.52. The molecule has 0 unspecified atom stereocenters. The molecule has 1 aliphatic heterocycles. The number of nitrogens with zero attached hydrogens (tertiary/aromatic N) is 2. The standard InChI is InChI=1S/C21H25N5O5S/c1-10-4-6-21(7-5-10)19(29)26(20(30)24-21)25-13(27)9-31-18(28)16-15(22)14-11(2)8-12(3)23-17(14)32-16/h8,10H,4-7,9,22H2,1-3H3,(H,24,30)(H,25,27). The Kier molecular flexibility index (Phi) is 5.53. The van der Waals surface area contributed by atoms with Gasteiger partial charge in [0, 0.05) is 11.1 Å². The number of esters is 1. The lowest BCUT2D eigenvalue weighted by molar-refractivity contribution is -0.141. The summed E-state index contributed by atoms with van der Waals surface area (Å²) in [6.07, 6.45) is 2.68. The molecule has 2 aromatic rings. The molecule has 4 rings (SSSR count). The van der Waals surface area contributed by atoms with Gasteiger partial charge in [0.15, 0.2) is 6.61 Å². The van der Waals surface area contributed by atoms with E-state index in [-0.39, 0.29) is 10.6 Å². The van der Waals surface area contributed by atoms with Crippen molar-refractivity contribution in [3.05, 3.63) is 22.2 Å². The number of carbonyl (C=O) groups is 4. The fourth-order valence-corrected chi connectivity index (χ4v) is 5.40. The van der Waals surface area contributed by atoms with Gasteiger partial charge in [-0.15, -0.1) is 11.3 Å². The van der Waals surface area contributed by atoms with E-state index in [1.165, 1.54) is 0 Å². The van der Waals surface area contributed by atoms with E-state index in [4.69, 9.17) is 10.5 Å². The molecule has 1 saturated carbocycles. The highest BCUT2D eigenvalue weighted by molar-refractivity contribution is 7.21. The van der Waals surface area contributed by atoms with Gasteiger partial charge in [-0.3, -0.25) is 15.0 Å². The van der Waals surface area contributed by atoms with E-state index in [9.17, 15) is 19.2 Å². The van der Waals surface area contributed by atoms with Crippen molar-refractivity contribution >= 4 is 51.1 Å². The number of aromatic nitrogens is 1. The Morgan fingerprint density at radius 2 is 2.03 bits per heavy atom. The van der Waals surface area contributed by atoms with Crippen molar-refractivity contribution in [2.75, 3.05) is 12.3 Å². The minimum atomic E-state index is -0.970. The van der Waals surface area contributed by atoms with Crippen LogP contribution in [0, 0.1) is 19.8 Å². The molecule has 10 nitrogen and oxygen atoms in total. The molecule has 2 aromatic heterocycles. The average molecular weight is 460 g/mol. The van der Waals surface area contributed by atoms with Crippen LogP contribution in [0.1, 0.15) is 53.5 Å². The van der Waals surface area contributed by atoms with E-state index >= 15 is 0 Å². The molecule has 32 heavy (non-hydrogen) atoms. The van der Waals surface area contributed by atoms with Crippen molar-refractivity contribution in [3.8, 4) is 0 Å². The maximum absolute atomic E-state index is 12.8. The van der Waals surface area contributed by atoms with Gasteiger partial charge in [-0.05, 0) is 57.1 Å². The third kappa shape index (κ3) is 3.77. The molecule has 0 radical (unpaired) electrons. The predicted molar refractivity (Wildman–Crippen MR) is 118 cm³/mol. The van der Waals surface area contributed by atoms with E-state index in [1.807, 2.05) is 19.9 Å². The number of pyridine rings is 1. The second kappa shape index (κ2) is 8.05. The average Bonchev–Trinajstić information content (AvgIpc) is 3.18. The minimum absolute atomic E-state index is 0.152. The molecule has 1 saturated heterocycles. The summed E-state index contributed by atoms with van der Waals surface area (Å²) >= 11 is 1.09. The first-order valence-corrected chi connectivity index (χ1v) is 11.2. The number of urea groups is 1. The topological polar surface area (TPSA) is 144 Å². The number of imide groups is 1. The Morgan fingerprint density at radius 3 is 2.72 bits per heavy atom. The Hall–Kier alpha value is -3.21. The number of fused-ring (bicyclic) bond motifs is 1. The van der Waals surface area contributed by atoms with Crippen LogP contribution in [-0.4, -0.2) is 46.0 Å². The maximum Gasteiger partial charge on any atom is 0.351 e. The fraction of sp³-hybridized carbons (Fsp3) is 0.476. The molecule has 2 fully saturated rings. The molecule has 4 amide bonds. The zero-order valence-electron chi connectivity index (χ0n) is 18.1. The molecule has 2 aliphatic rings. The van der Waals surface area contributed by atoms with Gasteiger partial charge >= 0.3 is 12.0 Å². The molecule has 1 spiro atoms. The number of ether oxygens (including phenoxy) is 1. The van der Waals surface area contributed by atoms with Gasteiger partial charge in [0.05, 0.1) is 5.69 Å². The number of hydrogen-bond acceptors (Lipinski definition) is 8. The Labute approximate surface area is 188 Å². The van der Waals surface area contributed by atoms with Gasteiger partial charge in [0.2, 0.25) is 0 Å². The van der Waals surface area contributed by atoms with Crippen LogP contribution < -0.4 is 16.5 Å². The summed E-state index contributed by atoms with van der Waals surface area (Å²) in [5, 5.41) is 4.07. The van der Waals surface area contributed by atoms with Crippen LogP contribution in [-0.2, 0) is 14.3 Å². The maximum atomic E-state index is 12.8. The van der Waals surface area contributed by atoms with Crippen molar-refractivity contribution in [1.82, 2.24) is 20.7 Å². The van der Waals surface area contributed by atoms with E-state index in [0.29, 0.717) is 34.0 Å². The zero-order valence-corrected chi connectivity index (χ0v) is 18.9. The largest absolute Gasteiger partial charge is 0.451 e. The monoisotopic (exact) mass is 459 g/mol. The molecule has 1 aliphatic carbocycles. The lowest BCUT2D eigenvalue weighted by Crippen LogP contribution is -2.52. The summed E-state index contributed by atoms with van der Waals surface area (Å²) < 4.78 is 5.08. The number of nitrogens with two attached hydrogens (primary N) is 1. The fourth-order valence-electron chi connectivity index (χ4n) is 4.29. The van der Waals surface area contributed by atoms with Gasteiger partial charge < -0.3 is 15.8 Å². The lowest BCUT2D eigenvalue weighted by atomic mass is 9.77. The number of carbonyl (C=O) groups excluding carboxylic acids is 4. The molecule has 0 atom stereocenters. The van der Waals surface area contributed by atoms with Gasteiger partial charge in [0.1, 0.15) is 15.2 Å². The number of aryl methyl sites for hydroxylation is 2. The van der Waals surface area contributed by atoms with Gasteiger partial charge in [-0.2, -0.15) is 5.01 Å². The highest BCUT2D eigenvalue weighted by atomic mass is 32.1. The molecule has 11 heteroatoms. The van der Waals surface area contributed by atoms with Crippen LogP contribution in [0.15, 0.2) is 6.07 Å². The van der Waals surface area contributed by atoms with Crippen molar-refractivity contribution < 1.29 is 23.9 Å². The van der Waals surface area contributed by atoms with Crippen LogP contribution in [0.5, 0.6) is 0 Å². The SMILES string of the molecule is Cc1cc(C)c2c(N)c(C(=O)OCC(=O)NN3C(=O)NC4(CCC(C)CC4)C3=O)sc2n1. The van der Waals surface area contributed by atoms with Crippen LogP contribution >= 0.6 is 11.3 Å². The number of anilines is 1. The summed E-state index contributed by atoms with van der Waals surface area (Å²) in [4.78, 5) is 55.1. The summed E-state index contributed by atoms with van der Waals surface area (Å²) in [7, 11) is 0. The number of nitrogens with one attached hydrogen (secondary N) is 2. The Morgan fingerprint density at radius 1 is 1.34 bits per heavy atom. The third-order valence-electron chi connectivity index (χ3n) is 6.07. The van der Waals surface area contributed by atoms with Gasteiger partial charge in [-0.1, -0.05) is 6.92 Å². The number of thiophene rings is 1. The van der Waals surface area contributed by atoms with E-state index in [1.54, 1.807) is 0 Å². The molecule has 0 bridgehead atoms. The van der Waals surface area contributed by atoms with Crippen molar-refractivity contribution in [2.45, 2.75) is 52.0 Å². The molecular weight excluding hydrogens is 434 g/mol. The third-order valence-corrected chi connectivity index (χ3v) is 7.15. The smallest absolute Gasteiger partial charge is 0.351 e. The predicted octanol–water partition coefficient (Wildman–Crippen LogP) is 2.18. The van der Waals surface area contributed by atoms with Crippen LogP contribution in [0.2, 0.25) is 0 Å². The summed E-state index contributed by atoms with van der Waals surface area (Å²) in [5.74, 6) is -1.57. The first-order chi connectivity index (χ1) is 15.1. The first kappa shape index (κ1) is 22.0. The van der Waals surface area contributed by atoms with E-state index in [0.717, 1.165) is 35.4 Å². The van der Waals surface area contributed by atoms with E-state index < -0.39 is 36.0 Å². The number of hydrazine groups is 1. The minimum Gasteiger partial charge on any atom is -0.451 e. The zero-order chi connectivity index (χ0) is 23.2. The second-order valence-corrected chi connectivity index (χ2v) is 9.55. The number of amides is 4. The number of nitrogen functional groups attached to an aromatic ring is 1. The van der Waals surface area contributed by atoms with Gasteiger partial charge in [-0.25, -0.2) is 14.6 Å². The Balaban J connectivity index is 1.39. The first-order valence-electron chi connectivity index (χ1n) is 10.4. The normalized spacial score (nSPS) is 23.0. The van der Waals surface area contributed by atoms with E-state index in [2.05, 4.69) is 22.7 Å². The molecule has 170 valence electrons. The number of rotatable bonds is 4. The van der Waals surface area contributed by atoms with Crippen LogP contribution in [0.25, 0.3) is 10.2 Å². The lowest BCUT2D eigenvalue weighted by Gasteiger charge is -2.33. The summed E-state index contributed by atoms with van der Waals surface area (Å²) in [6, 6.07) is 1.18. The quantitative estimate of drug-likeness (QED) is 0.469. The van der Waals surface area contributed by atoms with Crippen molar-refractivity contribution in [1.29, 1.82) is 0 Å². The summed E-state index contributed by atoms with van der Waals surface area (Å²) in [5.41, 5.74) is 9.33. The number of hydrogen-bond donors (Lipinski definition) is 3. The molecular formula is C21H25N5O5S. The summed E-state index contributed by atoms with van der Waals surface area (Å²) in [6.45, 7) is 5.15. The van der Waals surface area contributed by atoms with Crippen molar-refractivity contribution in [2.24, 2.45) is 5.92 Å². The highest BCUT2D eigenvalue weighted by Crippen LogP contribution is 2.36. The molecule has 0 aromatic carbocycles. The second-order valence-electron chi connectivity index (χ2n) is 8.55. The van der Waals surface area contributed by atoms with Crippen molar-refractivity contribution in [3.63, 3.8) is 0 Å². The molecule has 4 N–H and O–H groups in total. The Bertz CT molecular complexity index is 1140. The van der Waals surface area contributed by atoms with Crippen LogP contribution in [0.4, 0.5) is 10.5 Å². The van der Waals surface area contributed by atoms with Gasteiger partial charge in [0.25, 0.3) is 11.8 Å². The van der Waals surface area contributed by atoms with Crippen LogP contribution in [0.3, 0.4) is 0 Å². The molecule has 3 heterocycles.